The molecule has 2 aromatic rings. The lowest BCUT2D eigenvalue weighted by Crippen LogP contribution is -2.38. The highest BCUT2D eigenvalue weighted by Gasteiger charge is 2.12. The number of halogens is 2. The van der Waals surface area contributed by atoms with Gasteiger partial charge in [-0.15, -0.1) is 0 Å². The lowest BCUT2D eigenvalue weighted by molar-refractivity contribution is 0.522. The molecule has 2 rings (SSSR count). The van der Waals surface area contributed by atoms with E-state index in [1.807, 2.05) is 12.1 Å². The lowest BCUT2D eigenvalue weighted by atomic mass is 9.97. The van der Waals surface area contributed by atoms with Gasteiger partial charge in [-0.25, -0.2) is 0 Å². The number of rotatable bonds is 5. The van der Waals surface area contributed by atoms with E-state index in [9.17, 15) is 0 Å². The van der Waals surface area contributed by atoms with Crippen molar-refractivity contribution in [2.75, 3.05) is 0 Å². The monoisotopic (exact) mass is 322 g/mol. The van der Waals surface area contributed by atoms with Crippen LogP contribution in [0.15, 0.2) is 36.4 Å². The van der Waals surface area contributed by atoms with Crippen LogP contribution in [0.4, 0.5) is 0 Å². The van der Waals surface area contributed by atoms with Gasteiger partial charge in [-0.1, -0.05) is 52.5 Å². The summed E-state index contributed by atoms with van der Waals surface area (Å²) in [6.07, 6.45) is 1.59. The van der Waals surface area contributed by atoms with Crippen LogP contribution in [0.5, 0.6) is 0 Å². The number of hydrazine groups is 1. The Labute approximate surface area is 136 Å². The molecule has 2 aromatic carbocycles. The largest absolute Gasteiger partial charge is 0.271 e. The molecular formula is C17H20Cl2N2. The highest BCUT2D eigenvalue weighted by atomic mass is 35.5. The minimum Gasteiger partial charge on any atom is -0.271 e. The second-order valence-electron chi connectivity index (χ2n) is 5.50. The standard InChI is InChI=1S/C17H20Cl2N2/c1-11-5-12(2)7-13(6-11)8-16(21-20)10-14-9-15(18)3-4-17(14)19/h3-7,9,16,21H,8,10,20H2,1-2H3. The summed E-state index contributed by atoms with van der Waals surface area (Å²) in [6, 6.07) is 12.2. The van der Waals surface area contributed by atoms with Crippen molar-refractivity contribution in [1.29, 1.82) is 0 Å². The maximum absolute atomic E-state index is 6.22. The zero-order chi connectivity index (χ0) is 15.4. The van der Waals surface area contributed by atoms with Crippen molar-refractivity contribution in [2.24, 2.45) is 5.84 Å². The van der Waals surface area contributed by atoms with Gasteiger partial charge in [0.2, 0.25) is 0 Å². The first-order valence-corrected chi connectivity index (χ1v) is 7.70. The molecule has 0 fully saturated rings. The minimum absolute atomic E-state index is 0.113. The maximum Gasteiger partial charge on any atom is 0.0439 e. The van der Waals surface area contributed by atoms with Crippen LogP contribution in [-0.2, 0) is 12.8 Å². The van der Waals surface area contributed by atoms with Gasteiger partial charge >= 0.3 is 0 Å². The third-order valence-corrected chi connectivity index (χ3v) is 4.08. The molecule has 1 unspecified atom stereocenters. The Balaban J connectivity index is 2.14. The minimum atomic E-state index is 0.113. The SMILES string of the molecule is Cc1cc(C)cc(CC(Cc2cc(Cl)ccc2Cl)NN)c1. The average molecular weight is 323 g/mol. The van der Waals surface area contributed by atoms with Gasteiger partial charge in [-0.2, -0.15) is 0 Å². The topological polar surface area (TPSA) is 38.0 Å². The molecule has 4 heteroatoms. The molecule has 0 amide bonds. The summed E-state index contributed by atoms with van der Waals surface area (Å²) in [5.74, 6) is 5.71. The summed E-state index contributed by atoms with van der Waals surface area (Å²) in [4.78, 5) is 0. The smallest absolute Gasteiger partial charge is 0.0439 e. The van der Waals surface area contributed by atoms with Crippen molar-refractivity contribution >= 4 is 23.2 Å². The Hall–Kier alpha value is -1.06. The molecule has 0 heterocycles. The fraction of sp³-hybridized carbons (Fsp3) is 0.294. The zero-order valence-corrected chi connectivity index (χ0v) is 13.8. The third kappa shape index (κ3) is 4.72. The number of benzene rings is 2. The van der Waals surface area contributed by atoms with Crippen molar-refractivity contribution in [3.63, 3.8) is 0 Å². The van der Waals surface area contributed by atoms with Crippen LogP contribution in [0.2, 0.25) is 10.0 Å². The van der Waals surface area contributed by atoms with Gasteiger partial charge in [0.05, 0.1) is 0 Å². The quantitative estimate of drug-likeness (QED) is 0.638. The Morgan fingerprint density at radius 1 is 1.00 bits per heavy atom. The third-order valence-electron chi connectivity index (χ3n) is 3.47. The molecule has 0 saturated heterocycles. The average Bonchev–Trinajstić information content (AvgIpc) is 2.41. The van der Waals surface area contributed by atoms with Crippen LogP contribution in [0.25, 0.3) is 0 Å². The first-order valence-electron chi connectivity index (χ1n) is 6.95. The summed E-state index contributed by atoms with van der Waals surface area (Å²) in [7, 11) is 0. The van der Waals surface area contributed by atoms with Gasteiger partial charge in [0.25, 0.3) is 0 Å². The number of nitrogens with two attached hydrogens (primary N) is 1. The van der Waals surface area contributed by atoms with Crippen molar-refractivity contribution in [3.05, 3.63) is 68.7 Å². The Morgan fingerprint density at radius 2 is 1.67 bits per heavy atom. The number of nitrogens with one attached hydrogen (secondary N) is 1. The van der Waals surface area contributed by atoms with Crippen molar-refractivity contribution in [1.82, 2.24) is 5.43 Å². The number of hydrogen-bond donors (Lipinski definition) is 2. The van der Waals surface area contributed by atoms with E-state index in [0.29, 0.717) is 5.02 Å². The van der Waals surface area contributed by atoms with E-state index in [2.05, 4.69) is 37.5 Å². The second kappa shape index (κ2) is 7.28. The van der Waals surface area contributed by atoms with Gasteiger partial charge in [0, 0.05) is 16.1 Å². The van der Waals surface area contributed by atoms with Crippen molar-refractivity contribution in [2.45, 2.75) is 32.7 Å². The molecule has 0 spiro atoms. The van der Waals surface area contributed by atoms with E-state index in [4.69, 9.17) is 29.0 Å². The summed E-state index contributed by atoms with van der Waals surface area (Å²) in [5, 5.41) is 1.41. The molecule has 0 radical (unpaired) electrons. The number of aryl methyl sites for hydroxylation is 2. The highest BCUT2D eigenvalue weighted by molar-refractivity contribution is 6.33. The van der Waals surface area contributed by atoms with Gasteiger partial charge in [0.1, 0.15) is 0 Å². The molecule has 0 aliphatic heterocycles. The van der Waals surface area contributed by atoms with Gasteiger partial charge in [-0.3, -0.25) is 11.3 Å². The van der Waals surface area contributed by atoms with E-state index in [1.165, 1.54) is 16.7 Å². The first-order chi connectivity index (χ1) is 9.97. The van der Waals surface area contributed by atoms with Crippen LogP contribution in [0, 0.1) is 13.8 Å². The predicted octanol–water partition coefficient (Wildman–Crippen LogP) is 4.23. The van der Waals surface area contributed by atoms with E-state index in [1.54, 1.807) is 6.07 Å². The Morgan fingerprint density at radius 3 is 2.29 bits per heavy atom. The Kier molecular flexibility index (Phi) is 5.65. The van der Waals surface area contributed by atoms with E-state index in [-0.39, 0.29) is 6.04 Å². The highest BCUT2D eigenvalue weighted by Crippen LogP contribution is 2.23. The van der Waals surface area contributed by atoms with Gasteiger partial charge < -0.3 is 0 Å². The fourth-order valence-electron chi connectivity index (χ4n) is 2.63. The number of hydrogen-bond acceptors (Lipinski definition) is 2. The normalized spacial score (nSPS) is 12.4. The second-order valence-corrected chi connectivity index (χ2v) is 6.35. The molecule has 0 saturated carbocycles. The van der Waals surface area contributed by atoms with Crippen LogP contribution >= 0.6 is 23.2 Å². The maximum atomic E-state index is 6.22. The molecule has 3 N–H and O–H groups in total. The summed E-state index contributed by atoms with van der Waals surface area (Å²) in [6.45, 7) is 4.21. The van der Waals surface area contributed by atoms with Crippen LogP contribution in [0.3, 0.4) is 0 Å². The summed E-state index contributed by atoms with van der Waals surface area (Å²) >= 11 is 12.3. The zero-order valence-electron chi connectivity index (χ0n) is 12.3. The molecule has 0 aliphatic carbocycles. The molecule has 21 heavy (non-hydrogen) atoms. The molecule has 1 atom stereocenters. The molecule has 0 bridgehead atoms. The van der Waals surface area contributed by atoms with Crippen LogP contribution < -0.4 is 11.3 Å². The van der Waals surface area contributed by atoms with Crippen LogP contribution in [0.1, 0.15) is 22.3 Å². The summed E-state index contributed by atoms with van der Waals surface area (Å²) in [5.41, 5.74) is 7.70. The molecular weight excluding hydrogens is 303 g/mol. The molecule has 0 aromatic heterocycles. The van der Waals surface area contributed by atoms with Crippen LogP contribution in [-0.4, -0.2) is 6.04 Å². The van der Waals surface area contributed by atoms with Crippen molar-refractivity contribution < 1.29 is 0 Å². The summed E-state index contributed by atoms with van der Waals surface area (Å²) < 4.78 is 0. The lowest BCUT2D eigenvalue weighted by Gasteiger charge is -2.18. The van der Waals surface area contributed by atoms with Gasteiger partial charge in [0.15, 0.2) is 0 Å². The molecule has 0 aliphatic rings. The Bertz CT molecular complexity index is 606. The van der Waals surface area contributed by atoms with E-state index in [0.717, 1.165) is 23.4 Å². The van der Waals surface area contributed by atoms with Gasteiger partial charge in [-0.05, 0) is 56.0 Å². The van der Waals surface area contributed by atoms with E-state index < -0.39 is 0 Å². The first kappa shape index (κ1) is 16.3. The van der Waals surface area contributed by atoms with E-state index >= 15 is 0 Å². The predicted molar refractivity (Wildman–Crippen MR) is 90.9 cm³/mol. The van der Waals surface area contributed by atoms with Crippen molar-refractivity contribution in [3.8, 4) is 0 Å². The molecule has 2 nitrogen and oxygen atoms in total. The fourth-order valence-corrected chi connectivity index (χ4v) is 3.02. The molecule has 112 valence electrons.